The maximum Gasteiger partial charge on any atom is 0.410 e. The molecule has 0 N–H and O–H groups in total. The monoisotopic (exact) mass is 243 g/mol. The standard InChI is InChI=1S/C13H25NO3/c1-10(2)8-11-9-16-7-6-14(11)12(15)17-13(3,4)5/h10-11H,6-9H2,1-5H3. The summed E-state index contributed by atoms with van der Waals surface area (Å²) in [6.45, 7) is 11.8. The third kappa shape index (κ3) is 4.94. The van der Waals surface area contributed by atoms with Crippen LogP contribution in [0, 0.1) is 5.92 Å². The van der Waals surface area contributed by atoms with Gasteiger partial charge < -0.3 is 14.4 Å². The Balaban J connectivity index is 2.61. The fourth-order valence-electron chi connectivity index (χ4n) is 1.96. The maximum absolute atomic E-state index is 12.1. The van der Waals surface area contributed by atoms with Crippen molar-refractivity contribution in [3.8, 4) is 0 Å². The van der Waals surface area contributed by atoms with Crippen LogP contribution in [-0.4, -0.2) is 42.4 Å². The van der Waals surface area contributed by atoms with Crippen LogP contribution in [0.3, 0.4) is 0 Å². The lowest BCUT2D eigenvalue weighted by atomic mass is 10.0. The molecule has 0 aromatic heterocycles. The summed E-state index contributed by atoms with van der Waals surface area (Å²) in [5, 5.41) is 0. The molecule has 4 heteroatoms. The summed E-state index contributed by atoms with van der Waals surface area (Å²) >= 11 is 0. The van der Waals surface area contributed by atoms with E-state index in [1.807, 2.05) is 25.7 Å². The van der Waals surface area contributed by atoms with Crippen molar-refractivity contribution in [2.75, 3.05) is 19.8 Å². The zero-order valence-electron chi connectivity index (χ0n) is 11.7. The minimum atomic E-state index is -0.433. The average molecular weight is 243 g/mol. The number of rotatable bonds is 2. The molecule has 1 aliphatic rings. The lowest BCUT2D eigenvalue weighted by Gasteiger charge is -2.37. The van der Waals surface area contributed by atoms with Gasteiger partial charge in [0.25, 0.3) is 0 Å². The SMILES string of the molecule is CC(C)CC1COCCN1C(=O)OC(C)(C)C. The smallest absolute Gasteiger partial charge is 0.410 e. The number of ether oxygens (including phenoxy) is 2. The Morgan fingerprint density at radius 3 is 2.65 bits per heavy atom. The predicted octanol–water partition coefficient (Wildman–Crippen LogP) is 2.67. The first-order valence-corrected chi connectivity index (χ1v) is 6.37. The van der Waals surface area contributed by atoms with Gasteiger partial charge in [-0.25, -0.2) is 4.79 Å². The van der Waals surface area contributed by atoms with E-state index in [4.69, 9.17) is 9.47 Å². The van der Waals surface area contributed by atoms with Crippen molar-refractivity contribution < 1.29 is 14.3 Å². The van der Waals surface area contributed by atoms with Crippen LogP contribution in [0.4, 0.5) is 4.79 Å². The van der Waals surface area contributed by atoms with E-state index in [0.717, 1.165) is 6.42 Å². The molecule has 0 radical (unpaired) electrons. The van der Waals surface area contributed by atoms with Gasteiger partial charge in [-0.15, -0.1) is 0 Å². The topological polar surface area (TPSA) is 38.8 Å². The van der Waals surface area contributed by atoms with Crippen molar-refractivity contribution >= 4 is 6.09 Å². The highest BCUT2D eigenvalue weighted by molar-refractivity contribution is 5.68. The Morgan fingerprint density at radius 1 is 1.47 bits per heavy atom. The van der Waals surface area contributed by atoms with E-state index in [1.54, 1.807) is 0 Å². The molecule has 1 heterocycles. The van der Waals surface area contributed by atoms with Crippen LogP contribution in [0.1, 0.15) is 41.0 Å². The molecule has 0 aliphatic carbocycles. The van der Waals surface area contributed by atoms with Gasteiger partial charge in [0.2, 0.25) is 0 Å². The van der Waals surface area contributed by atoms with E-state index in [2.05, 4.69) is 13.8 Å². The van der Waals surface area contributed by atoms with Gasteiger partial charge in [-0.05, 0) is 33.1 Å². The minimum Gasteiger partial charge on any atom is -0.444 e. The predicted molar refractivity (Wildman–Crippen MR) is 67.0 cm³/mol. The molecule has 17 heavy (non-hydrogen) atoms. The van der Waals surface area contributed by atoms with E-state index < -0.39 is 5.60 Å². The molecule has 1 atom stereocenters. The number of hydrogen-bond donors (Lipinski definition) is 0. The third-order valence-corrected chi connectivity index (χ3v) is 2.60. The van der Waals surface area contributed by atoms with E-state index >= 15 is 0 Å². The molecule has 1 unspecified atom stereocenters. The van der Waals surface area contributed by atoms with E-state index in [0.29, 0.717) is 25.7 Å². The number of nitrogens with zero attached hydrogens (tertiary/aromatic N) is 1. The highest BCUT2D eigenvalue weighted by Gasteiger charge is 2.31. The average Bonchev–Trinajstić information content (AvgIpc) is 2.14. The van der Waals surface area contributed by atoms with Gasteiger partial charge in [-0.1, -0.05) is 13.8 Å². The van der Waals surface area contributed by atoms with Crippen LogP contribution in [-0.2, 0) is 9.47 Å². The van der Waals surface area contributed by atoms with Crippen molar-refractivity contribution in [2.24, 2.45) is 5.92 Å². The van der Waals surface area contributed by atoms with Gasteiger partial charge in [0.05, 0.1) is 19.3 Å². The van der Waals surface area contributed by atoms with Crippen molar-refractivity contribution in [2.45, 2.75) is 52.7 Å². The Morgan fingerprint density at radius 2 is 2.12 bits per heavy atom. The van der Waals surface area contributed by atoms with E-state index in [9.17, 15) is 4.79 Å². The molecule has 0 saturated carbocycles. The van der Waals surface area contributed by atoms with E-state index in [-0.39, 0.29) is 12.1 Å². The number of morpholine rings is 1. The summed E-state index contributed by atoms with van der Waals surface area (Å²) in [4.78, 5) is 13.9. The van der Waals surface area contributed by atoms with Gasteiger partial charge >= 0.3 is 6.09 Å². The molecule has 1 saturated heterocycles. The summed E-state index contributed by atoms with van der Waals surface area (Å²) in [5.41, 5.74) is -0.433. The number of amides is 1. The summed E-state index contributed by atoms with van der Waals surface area (Å²) in [6.07, 6.45) is 0.741. The molecule has 4 nitrogen and oxygen atoms in total. The van der Waals surface area contributed by atoms with E-state index in [1.165, 1.54) is 0 Å². The molecule has 0 aromatic carbocycles. The first kappa shape index (κ1) is 14.3. The van der Waals surface area contributed by atoms with Crippen LogP contribution in [0.5, 0.6) is 0 Å². The molecule has 1 fully saturated rings. The second-order valence-corrected chi connectivity index (χ2v) is 6.03. The third-order valence-electron chi connectivity index (χ3n) is 2.60. The Kier molecular flexibility index (Phi) is 4.80. The first-order valence-electron chi connectivity index (χ1n) is 6.37. The van der Waals surface area contributed by atoms with Gasteiger partial charge in [-0.2, -0.15) is 0 Å². The number of carbonyl (C=O) groups is 1. The van der Waals surface area contributed by atoms with Gasteiger partial charge in [-0.3, -0.25) is 0 Å². The summed E-state index contributed by atoms with van der Waals surface area (Å²) in [7, 11) is 0. The molecular formula is C13H25NO3. The first-order chi connectivity index (χ1) is 7.79. The Bertz CT molecular complexity index is 258. The normalized spacial score (nSPS) is 21.8. The summed E-state index contributed by atoms with van der Waals surface area (Å²) in [6, 6.07) is 0.151. The van der Waals surface area contributed by atoms with Crippen LogP contribution < -0.4 is 0 Å². The van der Waals surface area contributed by atoms with Crippen LogP contribution in [0.25, 0.3) is 0 Å². The van der Waals surface area contributed by atoms with Crippen LogP contribution >= 0.6 is 0 Å². The summed E-state index contributed by atoms with van der Waals surface area (Å²) < 4.78 is 10.9. The maximum atomic E-state index is 12.1. The van der Waals surface area contributed by atoms with Crippen LogP contribution in [0.15, 0.2) is 0 Å². The fourth-order valence-corrected chi connectivity index (χ4v) is 1.96. The molecule has 1 rings (SSSR count). The zero-order valence-corrected chi connectivity index (χ0v) is 11.7. The number of hydrogen-bond acceptors (Lipinski definition) is 3. The van der Waals surface area contributed by atoms with Crippen molar-refractivity contribution in [1.82, 2.24) is 4.90 Å². The molecule has 0 spiro atoms. The zero-order chi connectivity index (χ0) is 13.1. The molecule has 0 bridgehead atoms. The van der Waals surface area contributed by atoms with Crippen LogP contribution in [0.2, 0.25) is 0 Å². The fraction of sp³-hybridized carbons (Fsp3) is 0.923. The lowest BCUT2D eigenvalue weighted by Crippen LogP contribution is -2.50. The van der Waals surface area contributed by atoms with Gasteiger partial charge in [0.1, 0.15) is 5.60 Å². The molecule has 0 aromatic rings. The highest BCUT2D eigenvalue weighted by atomic mass is 16.6. The highest BCUT2D eigenvalue weighted by Crippen LogP contribution is 2.19. The van der Waals surface area contributed by atoms with Crippen molar-refractivity contribution in [3.63, 3.8) is 0 Å². The summed E-state index contributed by atoms with van der Waals surface area (Å²) in [5.74, 6) is 0.548. The minimum absolute atomic E-state index is 0.151. The second-order valence-electron chi connectivity index (χ2n) is 6.03. The van der Waals surface area contributed by atoms with Gasteiger partial charge in [0.15, 0.2) is 0 Å². The number of carbonyl (C=O) groups excluding carboxylic acids is 1. The second kappa shape index (κ2) is 5.71. The Hall–Kier alpha value is -0.770. The largest absolute Gasteiger partial charge is 0.444 e. The lowest BCUT2D eigenvalue weighted by molar-refractivity contribution is -0.0363. The van der Waals surface area contributed by atoms with Crippen molar-refractivity contribution in [1.29, 1.82) is 0 Å². The quantitative estimate of drug-likeness (QED) is 0.748. The van der Waals surface area contributed by atoms with Crippen molar-refractivity contribution in [3.05, 3.63) is 0 Å². The molecule has 100 valence electrons. The Labute approximate surface area is 104 Å². The molecule has 1 aliphatic heterocycles. The van der Waals surface area contributed by atoms with Gasteiger partial charge in [0, 0.05) is 6.54 Å². The molecular weight excluding hydrogens is 218 g/mol. The molecule has 1 amide bonds.